The van der Waals surface area contributed by atoms with Gasteiger partial charge in [0.15, 0.2) is 0 Å². The zero-order valence-electron chi connectivity index (χ0n) is 9.67. The summed E-state index contributed by atoms with van der Waals surface area (Å²) >= 11 is 0. The molecule has 0 saturated heterocycles. The molecule has 6 heteroatoms. The number of phenolic OH excluding ortho intramolecular Hbond substituents is 1. The highest BCUT2D eigenvalue weighted by molar-refractivity contribution is 5.85. The molecule has 1 rings (SSSR count). The minimum Gasteiger partial charge on any atom is -0.508 e. The quantitative estimate of drug-likeness (QED) is 0.565. The number of nitrogens with one attached hydrogen (secondary N) is 1. The Kier molecular flexibility index (Phi) is 5.13. The van der Waals surface area contributed by atoms with Crippen LogP contribution in [0.15, 0.2) is 24.3 Å². The highest BCUT2D eigenvalue weighted by Crippen LogP contribution is 2.15. The van der Waals surface area contributed by atoms with Crippen molar-refractivity contribution in [3.05, 3.63) is 29.8 Å². The second-order valence-corrected chi connectivity index (χ2v) is 3.78. The Morgan fingerprint density at radius 3 is 2.50 bits per heavy atom. The van der Waals surface area contributed by atoms with Gasteiger partial charge in [0.05, 0.1) is 6.42 Å². The van der Waals surface area contributed by atoms with E-state index < -0.39 is 17.9 Å². The zero-order valence-corrected chi connectivity index (χ0v) is 9.67. The molecule has 0 aliphatic heterocycles. The molecule has 1 aromatic rings. The van der Waals surface area contributed by atoms with Gasteiger partial charge in [-0.2, -0.15) is 0 Å². The molecule has 0 saturated carbocycles. The number of para-hydroxylation sites is 1. The van der Waals surface area contributed by atoms with Gasteiger partial charge in [0.25, 0.3) is 0 Å². The zero-order chi connectivity index (χ0) is 13.5. The normalized spacial score (nSPS) is 11.8. The molecule has 0 heterocycles. The summed E-state index contributed by atoms with van der Waals surface area (Å²) in [6, 6.07) is 5.21. The molecule has 1 aromatic carbocycles. The summed E-state index contributed by atoms with van der Waals surface area (Å²) in [5.74, 6) is -1.73. The first-order valence-electron chi connectivity index (χ1n) is 5.44. The highest BCUT2D eigenvalue weighted by atomic mass is 16.4. The smallest absolute Gasteiger partial charge is 0.326 e. The predicted octanol–water partition coefficient (Wildman–Crippen LogP) is -0.114. The van der Waals surface area contributed by atoms with Crippen LogP contribution in [-0.2, 0) is 16.0 Å². The van der Waals surface area contributed by atoms with Gasteiger partial charge in [-0.15, -0.1) is 0 Å². The third kappa shape index (κ3) is 4.06. The molecule has 6 nitrogen and oxygen atoms in total. The molecule has 1 amide bonds. The van der Waals surface area contributed by atoms with Crippen LogP contribution in [0.25, 0.3) is 0 Å². The summed E-state index contributed by atoms with van der Waals surface area (Å²) < 4.78 is 0. The molecule has 0 aliphatic carbocycles. The number of benzene rings is 1. The first-order chi connectivity index (χ1) is 8.54. The van der Waals surface area contributed by atoms with E-state index in [1.165, 1.54) is 6.07 Å². The van der Waals surface area contributed by atoms with Crippen molar-refractivity contribution in [1.29, 1.82) is 0 Å². The molecule has 1 atom stereocenters. The van der Waals surface area contributed by atoms with E-state index in [0.29, 0.717) is 5.56 Å². The summed E-state index contributed by atoms with van der Waals surface area (Å²) in [4.78, 5) is 22.4. The van der Waals surface area contributed by atoms with Crippen LogP contribution in [0.4, 0.5) is 0 Å². The number of carboxylic acid groups (broad SMARTS) is 1. The van der Waals surface area contributed by atoms with Crippen LogP contribution in [0, 0.1) is 0 Å². The molecular weight excluding hydrogens is 238 g/mol. The fraction of sp³-hybridized carbons (Fsp3) is 0.333. The van der Waals surface area contributed by atoms with Gasteiger partial charge >= 0.3 is 5.97 Å². The first-order valence-corrected chi connectivity index (χ1v) is 5.44. The number of aliphatic hydroxyl groups excluding tert-OH is 1. The van der Waals surface area contributed by atoms with Crippen LogP contribution in [0.5, 0.6) is 5.75 Å². The number of carbonyl (C=O) groups excluding carboxylic acids is 1. The van der Waals surface area contributed by atoms with Crippen LogP contribution in [0.1, 0.15) is 12.0 Å². The van der Waals surface area contributed by atoms with E-state index in [1.807, 2.05) is 0 Å². The number of aliphatic carboxylic acids is 1. The summed E-state index contributed by atoms with van der Waals surface area (Å²) in [6.07, 6.45) is -0.163. The molecule has 98 valence electrons. The SMILES string of the molecule is O=C(Cc1ccccc1O)NC(CCO)C(=O)O. The number of phenols is 1. The molecule has 0 bridgehead atoms. The minimum atomic E-state index is -1.20. The Morgan fingerprint density at radius 1 is 1.28 bits per heavy atom. The van der Waals surface area contributed by atoms with Crippen molar-refractivity contribution >= 4 is 11.9 Å². The average molecular weight is 253 g/mol. The molecule has 0 radical (unpaired) electrons. The van der Waals surface area contributed by atoms with Gasteiger partial charge in [-0.25, -0.2) is 4.79 Å². The van der Waals surface area contributed by atoms with Crippen molar-refractivity contribution in [2.24, 2.45) is 0 Å². The maximum atomic E-state index is 11.6. The minimum absolute atomic E-state index is 0.0123. The number of hydrogen-bond acceptors (Lipinski definition) is 4. The Morgan fingerprint density at radius 2 is 1.94 bits per heavy atom. The van der Waals surface area contributed by atoms with Crippen LogP contribution < -0.4 is 5.32 Å². The molecule has 0 fully saturated rings. The summed E-state index contributed by atoms with van der Waals surface area (Å²) in [5, 5.41) is 29.2. The third-order valence-electron chi connectivity index (χ3n) is 2.39. The van der Waals surface area contributed by atoms with E-state index in [9.17, 15) is 14.7 Å². The lowest BCUT2D eigenvalue weighted by Gasteiger charge is -2.13. The number of carboxylic acids is 1. The van der Waals surface area contributed by atoms with Gasteiger partial charge in [0.2, 0.25) is 5.91 Å². The topological polar surface area (TPSA) is 107 Å². The highest BCUT2D eigenvalue weighted by Gasteiger charge is 2.19. The van der Waals surface area contributed by atoms with Crippen LogP contribution >= 0.6 is 0 Å². The Balaban J connectivity index is 2.61. The van der Waals surface area contributed by atoms with E-state index in [-0.39, 0.29) is 25.2 Å². The lowest BCUT2D eigenvalue weighted by Crippen LogP contribution is -2.42. The number of hydrogen-bond donors (Lipinski definition) is 4. The second kappa shape index (κ2) is 6.61. The van der Waals surface area contributed by atoms with E-state index in [0.717, 1.165) is 0 Å². The van der Waals surface area contributed by atoms with Gasteiger partial charge in [-0.1, -0.05) is 18.2 Å². The Bertz CT molecular complexity index is 432. The molecule has 1 unspecified atom stereocenters. The number of aromatic hydroxyl groups is 1. The number of rotatable bonds is 6. The Labute approximate surface area is 104 Å². The monoisotopic (exact) mass is 253 g/mol. The maximum Gasteiger partial charge on any atom is 0.326 e. The van der Waals surface area contributed by atoms with Crippen LogP contribution in [-0.4, -0.2) is 39.8 Å². The lowest BCUT2D eigenvalue weighted by molar-refractivity contribution is -0.142. The lowest BCUT2D eigenvalue weighted by atomic mass is 10.1. The summed E-state index contributed by atoms with van der Waals surface area (Å²) in [6.45, 7) is -0.326. The van der Waals surface area contributed by atoms with E-state index >= 15 is 0 Å². The molecule has 18 heavy (non-hydrogen) atoms. The van der Waals surface area contributed by atoms with Gasteiger partial charge in [0, 0.05) is 18.6 Å². The summed E-state index contributed by atoms with van der Waals surface area (Å²) in [5.41, 5.74) is 0.420. The fourth-order valence-electron chi connectivity index (χ4n) is 1.47. The van der Waals surface area contributed by atoms with Crippen LogP contribution in [0.2, 0.25) is 0 Å². The van der Waals surface area contributed by atoms with Crippen molar-refractivity contribution in [2.75, 3.05) is 6.61 Å². The molecular formula is C12H15NO5. The van der Waals surface area contributed by atoms with E-state index in [4.69, 9.17) is 10.2 Å². The number of amides is 1. The van der Waals surface area contributed by atoms with Crippen molar-refractivity contribution in [1.82, 2.24) is 5.32 Å². The largest absolute Gasteiger partial charge is 0.508 e. The first kappa shape index (κ1) is 14.0. The standard InChI is InChI=1S/C12H15NO5/c14-6-5-9(12(17)18)13-11(16)7-8-3-1-2-4-10(8)15/h1-4,9,14-15H,5-7H2,(H,13,16)(H,17,18). The second-order valence-electron chi connectivity index (χ2n) is 3.78. The number of carbonyl (C=O) groups is 2. The van der Waals surface area contributed by atoms with Crippen molar-refractivity contribution < 1.29 is 24.9 Å². The Hall–Kier alpha value is -2.08. The van der Waals surface area contributed by atoms with Gasteiger partial charge in [-0.3, -0.25) is 4.79 Å². The van der Waals surface area contributed by atoms with Gasteiger partial charge < -0.3 is 20.6 Å². The van der Waals surface area contributed by atoms with Crippen molar-refractivity contribution in [2.45, 2.75) is 18.9 Å². The summed E-state index contributed by atoms with van der Waals surface area (Å²) in [7, 11) is 0. The van der Waals surface area contributed by atoms with E-state index in [1.54, 1.807) is 18.2 Å². The van der Waals surface area contributed by atoms with Gasteiger partial charge in [-0.05, 0) is 6.07 Å². The average Bonchev–Trinajstić information content (AvgIpc) is 2.31. The molecule has 4 N–H and O–H groups in total. The van der Waals surface area contributed by atoms with Crippen molar-refractivity contribution in [3.8, 4) is 5.75 Å². The maximum absolute atomic E-state index is 11.6. The van der Waals surface area contributed by atoms with Crippen LogP contribution in [0.3, 0.4) is 0 Å². The molecule has 0 spiro atoms. The fourth-order valence-corrected chi connectivity index (χ4v) is 1.47. The van der Waals surface area contributed by atoms with Crippen molar-refractivity contribution in [3.63, 3.8) is 0 Å². The number of aliphatic hydroxyl groups is 1. The third-order valence-corrected chi connectivity index (χ3v) is 2.39. The predicted molar refractivity (Wildman–Crippen MR) is 63.1 cm³/mol. The molecule has 0 aliphatic rings. The van der Waals surface area contributed by atoms with E-state index in [2.05, 4.69) is 5.32 Å². The van der Waals surface area contributed by atoms with Gasteiger partial charge in [0.1, 0.15) is 11.8 Å². The molecule has 0 aromatic heterocycles.